The van der Waals surface area contributed by atoms with Gasteiger partial charge in [0.25, 0.3) is 11.7 Å². The van der Waals surface area contributed by atoms with Gasteiger partial charge in [0.05, 0.1) is 12.7 Å². The third kappa shape index (κ3) is 2.15. The quantitative estimate of drug-likeness (QED) is 0.814. The van der Waals surface area contributed by atoms with E-state index >= 15 is 0 Å². The van der Waals surface area contributed by atoms with E-state index in [1.807, 2.05) is 0 Å². The Morgan fingerprint density at radius 1 is 1.60 bits per heavy atom. The van der Waals surface area contributed by atoms with Crippen LogP contribution in [-0.2, 0) is 0 Å². The van der Waals surface area contributed by atoms with Gasteiger partial charge in [0.15, 0.2) is 5.75 Å². The molecule has 0 amide bonds. The lowest BCUT2D eigenvalue weighted by molar-refractivity contribution is 0.107. The standard InChI is InChI=1S/C8H6ClF2NO3/c1-15-6-4(7(9)14)12-2-3(5(6)13)8(10)11/h2,8H,1H3,(H,12,13). The summed E-state index contributed by atoms with van der Waals surface area (Å²) in [4.78, 5) is 24.3. The van der Waals surface area contributed by atoms with Gasteiger partial charge in [0.1, 0.15) is 5.69 Å². The van der Waals surface area contributed by atoms with Gasteiger partial charge in [-0.15, -0.1) is 0 Å². The smallest absolute Gasteiger partial charge is 0.272 e. The van der Waals surface area contributed by atoms with Crippen molar-refractivity contribution in [2.45, 2.75) is 6.43 Å². The Labute approximate surface area is 87.8 Å². The van der Waals surface area contributed by atoms with Crippen LogP contribution in [0.5, 0.6) is 5.75 Å². The zero-order valence-electron chi connectivity index (χ0n) is 7.51. The number of carbonyl (C=O) groups excluding carboxylic acids is 1. The molecule has 0 unspecified atom stereocenters. The molecule has 0 aromatic carbocycles. The van der Waals surface area contributed by atoms with Crippen LogP contribution in [0, 0.1) is 0 Å². The molecule has 0 saturated carbocycles. The number of ether oxygens (including phenoxy) is 1. The van der Waals surface area contributed by atoms with E-state index in [4.69, 9.17) is 11.6 Å². The van der Waals surface area contributed by atoms with Gasteiger partial charge in [-0.05, 0) is 11.6 Å². The Morgan fingerprint density at radius 2 is 2.20 bits per heavy atom. The second-order valence-electron chi connectivity index (χ2n) is 2.56. The Bertz CT molecular complexity index is 444. The van der Waals surface area contributed by atoms with Gasteiger partial charge in [0, 0.05) is 6.20 Å². The molecule has 1 heterocycles. The predicted octanol–water partition coefficient (Wildman–Crippen LogP) is 1.70. The zero-order chi connectivity index (χ0) is 11.6. The molecular formula is C8H6ClF2NO3. The maximum absolute atomic E-state index is 12.3. The van der Waals surface area contributed by atoms with Crippen LogP contribution in [0.1, 0.15) is 22.5 Å². The Balaban J connectivity index is 3.46. The second kappa shape index (κ2) is 4.39. The van der Waals surface area contributed by atoms with Crippen LogP contribution < -0.4 is 10.2 Å². The van der Waals surface area contributed by atoms with Crippen molar-refractivity contribution in [3.8, 4) is 5.75 Å². The first-order valence-corrected chi connectivity index (χ1v) is 4.14. The molecule has 0 fully saturated rings. The normalized spacial score (nSPS) is 10.5. The van der Waals surface area contributed by atoms with Crippen LogP contribution in [0.2, 0.25) is 0 Å². The summed E-state index contributed by atoms with van der Waals surface area (Å²) in [6.07, 6.45) is -2.20. The molecule has 0 atom stereocenters. The van der Waals surface area contributed by atoms with Crippen molar-refractivity contribution in [3.05, 3.63) is 27.7 Å². The molecule has 1 rings (SSSR count). The summed E-state index contributed by atoms with van der Waals surface area (Å²) in [5, 5.41) is -0.982. The Morgan fingerprint density at radius 3 is 2.60 bits per heavy atom. The van der Waals surface area contributed by atoms with Gasteiger partial charge in [0.2, 0.25) is 5.43 Å². The third-order valence-electron chi connectivity index (χ3n) is 1.70. The maximum atomic E-state index is 12.3. The maximum Gasteiger partial charge on any atom is 0.272 e. The molecular weight excluding hydrogens is 232 g/mol. The molecule has 4 nitrogen and oxygen atoms in total. The van der Waals surface area contributed by atoms with Crippen LogP contribution in [0.25, 0.3) is 0 Å². The average Bonchev–Trinajstić information content (AvgIpc) is 2.16. The van der Waals surface area contributed by atoms with Crippen LogP contribution >= 0.6 is 11.6 Å². The minimum absolute atomic E-state index is 0.339. The molecule has 0 aliphatic heterocycles. The summed E-state index contributed by atoms with van der Waals surface area (Å²) in [5.41, 5.74) is -2.16. The lowest BCUT2D eigenvalue weighted by Gasteiger charge is -2.06. The fraction of sp³-hybridized carbons (Fsp3) is 0.250. The fourth-order valence-corrected chi connectivity index (χ4v) is 1.17. The minimum Gasteiger partial charge on any atom is -0.491 e. The summed E-state index contributed by atoms with van der Waals surface area (Å²) < 4.78 is 29.1. The van der Waals surface area contributed by atoms with E-state index in [0.29, 0.717) is 0 Å². The van der Waals surface area contributed by atoms with E-state index in [0.717, 1.165) is 13.3 Å². The highest BCUT2D eigenvalue weighted by atomic mass is 35.5. The van der Waals surface area contributed by atoms with E-state index in [2.05, 4.69) is 9.72 Å². The van der Waals surface area contributed by atoms with Crippen LogP contribution in [-0.4, -0.2) is 17.3 Å². The lowest BCUT2D eigenvalue weighted by atomic mass is 10.2. The van der Waals surface area contributed by atoms with E-state index in [1.165, 1.54) is 0 Å². The molecule has 0 radical (unpaired) electrons. The molecule has 82 valence electrons. The van der Waals surface area contributed by atoms with Gasteiger partial charge in [-0.2, -0.15) is 0 Å². The molecule has 0 bridgehead atoms. The van der Waals surface area contributed by atoms with Crippen LogP contribution in [0.15, 0.2) is 11.0 Å². The fourth-order valence-electron chi connectivity index (χ4n) is 1.03. The van der Waals surface area contributed by atoms with E-state index in [-0.39, 0.29) is 5.69 Å². The summed E-state index contributed by atoms with van der Waals surface area (Å²) in [5.74, 6) is -0.507. The first-order valence-electron chi connectivity index (χ1n) is 3.76. The monoisotopic (exact) mass is 237 g/mol. The second-order valence-corrected chi connectivity index (χ2v) is 2.90. The number of aromatic amines is 1. The largest absolute Gasteiger partial charge is 0.491 e. The van der Waals surface area contributed by atoms with Crippen molar-refractivity contribution in [3.63, 3.8) is 0 Å². The van der Waals surface area contributed by atoms with Gasteiger partial charge in [-0.25, -0.2) is 8.78 Å². The summed E-state index contributed by atoms with van der Waals surface area (Å²) in [6, 6.07) is 0. The van der Waals surface area contributed by atoms with Crippen LogP contribution in [0.3, 0.4) is 0 Å². The molecule has 1 N–H and O–H groups in total. The van der Waals surface area contributed by atoms with Crippen molar-refractivity contribution in [1.82, 2.24) is 4.98 Å². The Hall–Kier alpha value is -1.43. The van der Waals surface area contributed by atoms with Crippen molar-refractivity contribution >= 4 is 16.8 Å². The van der Waals surface area contributed by atoms with Gasteiger partial charge in [-0.3, -0.25) is 9.59 Å². The molecule has 0 aliphatic rings. The molecule has 0 aliphatic carbocycles. The molecule has 1 aromatic heterocycles. The molecule has 15 heavy (non-hydrogen) atoms. The average molecular weight is 238 g/mol. The summed E-state index contributed by atoms with van der Waals surface area (Å²) in [6.45, 7) is 0. The van der Waals surface area contributed by atoms with Crippen molar-refractivity contribution < 1.29 is 18.3 Å². The highest BCUT2D eigenvalue weighted by Gasteiger charge is 2.21. The number of rotatable bonds is 3. The third-order valence-corrected chi connectivity index (χ3v) is 1.89. The van der Waals surface area contributed by atoms with Gasteiger partial charge < -0.3 is 9.72 Å². The van der Waals surface area contributed by atoms with Crippen LogP contribution in [0.4, 0.5) is 8.78 Å². The Kier molecular flexibility index (Phi) is 3.41. The zero-order valence-corrected chi connectivity index (χ0v) is 8.27. The number of halogens is 3. The highest BCUT2D eigenvalue weighted by molar-refractivity contribution is 6.67. The van der Waals surface area contributed by atoms with E-state index in [1.54, 1.807) is 0 Å². The number of hydrogen-bond donors (Lipinski definition) is 1. The molecule has 1 aromatic rings. The summed E-state index contributed by atoms with van der Waals surface area (Å²) in [7, 11) is 1.09. The SMILES string of the molecule is COc1c(C(=O)Cl)[nH]cc(C(F)F)c1=O. The molecule has 0 spiro atoms. The van der Waals surface area contributed by atoms with E-state index < -0.39 is 28.4 Å². The first kappa shape index (κ1) is 11.6. The van der Waals surface area contributed by atoms with Crippen molar-refractivity contribution in [1.29, 1.82) is 0 Å². The van der Waals surface area contributed by atoms with Gasteiger partial charge >= 0.3 is 0 Å². The number of pyridine rings is 1. The lowest BCUT2D eigenvalue weighted by Crippen LogP contribution is -2.16. The first-order chi connectivity index (χ1) is 6.99. The highest BCUT2D eigenvalue weighted by Crippen LogP contribution is 2.19. The van der Waals surface area contributed by atoms with Crippen molar-refractivity contribution in [2.75, 3.05) is 7.11 Å². The number of alkyl halides is 2. The topological polar surface area (TPSA) is 59.2 Å². The summed E-state index contributed by atoms with van der Waals surface area (Å²) >= 11 is 5.11. The predicted molar refractivity (Wildman–Crippen MR) is 48.8 cm³/mol. The molecule has 7 heteroatoms. The van der Waals surface area contributed by atoms with Crippen molar-refractivity contribution in [2.24, 2.45) is 0 Å². The number of carbonyl (C=O) groups is 1. The number of H-pyrrole nitrogens is 1. The number of hydrogen-bond acceptors (Lipinski definition) is 3. The van der Waals surface area contributed by atoms with E-state index in [9.17, 15) is 18.4 Å². The number of methoxy groups -OCH3 is 1. The number of nitrogens with one attached hydrogen (secondary N) is 1. The number of aromatic nitrogens is 1. The molecule has 0 saturated heterocycles. The minimum atomic E-state index is -2.94. The van der Waals surface area contributed by atoms with Gasteiger partial charge in [-0.1, -0.05) is 0 Å².